The van der Waals surface area contributed by atoms with Gasteiger partial charge in [0.05, 0.1) is 23.4 Å². The summed E-state index contributed by atoms with van der Waals surface area (Å²) < 4.78 is 32.2. The number of amides is 1. The number of nitrogens with one attached hydrogen (secondary N) is 1. The van der Waals surface area contributed by atoms with E-state index >= 15 is 0 Å². The van der Waals surface area contributed by atoms with Gasteiger partial charge in [0.1, 0.15) is 12.4 Å². The summed E-state index contributed by atoms with van der Waals surface area (Å²) in [5, 5.41) is 1.09. The van der Waals surface area contributed by atoms with Crippen molar-refractivity contribution in [2.75, 3.05) is 6.26 Å². The van der Waals surface area contributed by atoms with E-state index in [4.69, 9.17) is 9.72 Å². The molecule has 1 aromatic heterocycles. The number of hydrogen-bond acceptors (Lipinski definition) is 5. The lowest BCUT2D eigenvalue weighted by molar-refractivity contribution is -0.122. The molecule has 1 atom stereocenters. The van der Waals surface area contributed by atoms with Crippen LogP contribution in [-0.4, -0.2) is 25.6 Å². The third kappa shape index (κ3) is 6.84. The maximum atomic E-state index is 13.2. The van der Waals surface area contributed by atoms with Gasteiger partial charge in [-0.05, 0) is 60.4 Å². The summed E-state index contributed by atoms with van der Waals surface area (Å²) in [6, 6.07) is 17.9. The first-order valence-corrected chi connectivity index (χ1v) is 14.7. The van der Waals surface area contributed by atoms with Gasteiger partial charge in [0.25, 0.3) is 0 Å². The highest BCUT2D eigenvalue weighted by molar-refractivity contribution is 7.89. The lowest BCUT2D eigenvalue weighted by atomic mass is 9.76. The van der Waals surface area contributed by atoms with Crippen LogP contribution in [0.2, 0.25) is 0 Å². The number of sulfonamides is 1. The molecule has 6 nitrogen and oxygen atoms in total. The van der Waals surface area contributed by atoms with Crippen LogP contribution >= 0.6 is 0 Å². The highest BCUT2D eigenvalue weighted by Gasteiger charge is 2.33. The van der Waals surface area contributed by atoms with Gasteiger partial charge in [0.2, 0.25) is 15.9 Å². The Morgan fingerprint density at radius 1 is 1.06 bits per heavy atom. The predicted molar refractivity (Wildman–Crippen MR) is 143 cm³/mol. The fraction of sp³-hybridized carbons (Fsp3) is 0.448. The smallest absolute Gasteiger partial charge is 0.241 e. The second kappa shape index (κ2) is 11.4. The van der Waals surface area contributed by atoms with Crippen LogP contribution in [0.4, 0.5) is 0 Å². The van der Waals surface area contributed by atoms with Gasteiger partial charge in [-0.2, -0.15) is 0 Å². The van der Waals surface area contributed by atoms with Crippen LogP contribution < -0.4 is 9.46 Å². The van der Waals surface area contributed by atoms with Crippen molar-refractivity contribution in [2.45, 2.75) is 64.9 Å². The van der Waals surface area contributed by atoms with Crippen LogP contribution in [0.5, 0.6) is 5.75 Å². The minimum absolute atomic E-state index is 0.126. The van der Waals surface area contributed by atoms with Gasteiger partial charge in [-0.1, -0.05) is 69.5 Å². The van der Waals surface area contributed by atoms with Crippen molar-refractivity contribution in [1.29, 1.82) is 0 Å². The molecule has 192 valence electrons. The number of pyridine rings is 1. The Hall–Kier alpha value is -2.93. The first-order chi connectivity index (χ1) is 17.2. The van der Waals surface area contributed by atoms with Crippen molar-refractivity contribution >= 4 is 26.8 Å². The fourth-order valence-corrected chi connectivity index (χ4v) is 5.72. The minimum Gasteiger partial charge on any atom is -0.487 e. The van der Waals surface area contributed by atoms with E-state index in [0.717, 1.165) is 78.3 Å². The molecule has 4 rings (SSSR count). The molecule has 0 saturated heterocycles. The van der Waals surface area contributed by atoms with Crippen LogP contribution in [-0.2, 0) is 27.8 Å². The van der Waals surface area contributed by atoms with Gasteiger partial charge in [0, 0.05) is 5.39 Å². The van der Waals surface area contributed by atoms with E-state index in [1.54, 1.807) is 0 Å². The minimum atomic E-state index is -3.64. The third-order valence-corrected chi connectivity index (χ3v) is 7.37. The molecule has 0 spiro atoms. The number of nitrogens with zero attached hydrogens (tertiary/aromatic N) is 1. The normalized spacial score (nSPS) is 15.7. The Balaban J connectivity index is 1.62. The first-order valence-electron chi connectivity index (χ1n) is 12.8. The number of ether oxygens (including phenoxy) is 1. The summed E-state index contributed by atoms with van der Waals surface area (Å²) in [4.78, 5) is 17.9. The zero-order valence-corrected chi connectivity index (χ0v) is 22.2. The molecule has 1 aliphatic carbocycles. The van der Waals surface area contributed by atoms with Gasteiger partial charge in [0.15, 0.2) is 0 Å². The van der Waals surface area contributed by atoms with Gasteiger partial charge >= 0.3 is 0 Å². The molecular weight excluding hydrogens is 472 g/mol. The van der Waals surface area contributed by atoms with E-state index in [2.05, 4.69) is 18.6 Å². The zero-order chi connectivity index (χ0) is 25.7. The summed E-state index contributed by atoms with van der Waals surface area (Å²) in [5.41, 5.74) is 3.66. The molecule has 36 heavy (non-hydrogen) atoms. The van der Waals surface area contributed by atoms with Crippen molar-refractivity contribution in [3.63, 3.8) is 0 Å². The van der Waals surface area contributed by atoms with Crippen LogP contribution in [0.15, 0.2) is 54.6 Å². The Morgan fingerprint density at radius 3 is 2.53 bits per heavy atom. The Kier molecular flexibility index (Phi) is 8.29. The first kappa shape index (κ1) is 26.1. The standard InChI is InChI=1S/C29H36N2O4S/c1-20(2)17-24-18-23(28(22-10-5-4-6-11-22)29(32)31-36(3,33)34)14-16-27(24)35-19-25-15-13-21-9-7-8-12-26(21)30-25/h7-9,12-16,18,20,22,28H,4-6,10-11,17,19H2,1-3H3,(H,31,32). The molecule has 1 heterocycles. The van der Waals surface area contributed by atoms with Crippen molar-refractivity contribution in [2.24, 2.45) is 11.8 Å². The largest absolute Gasteiger partial charge is 0.487 e. The summed E-state index contributed by atoms with van der Waals surface area (Å²) in [5.74, 6) is 0.352. The second-order valence-electron chi connectivity index (χ2n) is 10.4. The average Bonchev–Trinajstić information content (AvgIpc) is 2.83. The number of carbonyl (C=O) groups is 1. The van der Waals surface area contributed by atoms with Gasteiger partial charge < -0.3 is 4.74 Å². The number of hydrogen-bond donors (Lipinski definition) is 1. The molecule has 1 N–H and O–H groups in total. The molecule has 0 aliphatic heterocycles. The van der Waals surface area contributed by atoms with E-state index in [1.165, 1.54) is 0 Å². The second-order valence-corrected chi connectivity index (χ2v) is 12.1. The maximum Gasteiger partial charge on any atom is 0.241 e. The topological polar surface area (TPSA) is 85.4 Å². The van der Waals surface area contributed by atoms with E-state index in [1.807, 2.05) is 54.6 Å². The van der Waals surface area contributed by atoms with Crippen LogP contribution in [0.25, 0.3) is 10.9 Å². The summed E-state index contributed by atoms with van der Waals surface area (Å²) in [7, 11) is -3.64. The SMILES string of the molecule is CC(C)Cc1cc(C(C(=O)NS(C)(=O)=O)C2CCCCC2)ccc1OCc1ccc2ccccc2n1. The predicted octanol–water partition coefficient (Wildman–Crippen LogP) is 5.75. The van der Waals surface area contributed by atoms with E-state index in [-0.39, 0.29) is 5.92 Å². The number of fused-ring (bicyclic) bond motifs is 1. The Labute approximate surface area is 214 Å². The number of aromatic nitrogens is 1. The molecule has 1 amide bonds. The van der Waals surface area contributed by atoms with Gasteiger partial charge in [-0.3, -0.25) is 9.52 Å². The molecule has 3 aromatic rings. The van der Waals surface area contributed by atoms with Crippen molar-refractivity contribution in [3.8, 4) is 5.75 Å². The summed E-state index contributed by atoms with van der Waals surface area (Å²) in [6.07, 6.45) is 6.95. The fourth-order valence-electron chi connectivity index (χ4n) is 5.22. The lowest BCUT2D eigenvalue weighted by Crippen LogP contribution is -2.37. The molecule has 1 fully saturated rings. The molecule has 1 aliphatic rings. The Morgan fingerprint density at radius 2 is 1.81 bits per heavy atom. The van der Waals surface area contributed by atoms with Crippen molar-refractivity contribution < 1.29 is 17.9 Å². The van der Waals surface area contributed by atoms with Crippen LogP contribution in [0, 0.1) is 11.8 Å². The number of carbonyl (C=O) groups excluding carboxylic acids is 1. The van der Waals surface area contributed by atoms with Crippen molar-refractivity contribution in [1.82, 2.24) is 9.71 Å². The molecule has 7 heteroatoms. The Bertz CT molecular complexity index is 1310. The van der Waals surface area contributed by atoms with Gasteiger partial charge in [-0.25, -0.2) is 13.4 Å². The highest BCUT2D eigenvalue weighted by atomic mass is 32.2. The quantitative estimate of drug-likeness (QED) is 0.398. The third-order valence-electron chi connectivity index (χ3n) is 6.79. The molecular formula is C29H36N2O4S. The summed E-state index contributed by atoms with van der Waals surface area (Å²) in [6.45, 7) is 4.64. The molecule has 1 unspecified atom stereocenters. The van der Waals surface area contributed by atoms with E-state index in [0.29, 0.717) is 12.5 Å². The number of rotatable bonds is 9. The average molecular weight is 509 g/mol. The monoisotopic (exact) mass is 508 g/mol. The van der Waals surface area contributed by atoms with Gasteiger partial charge in [-0.15, -0.1) is 0 Å². The van der Waals surface area contributed by atoms with Crippen LogP contribution in [0.1, 0.15) is 68.7 Å². The lowest BCUT2D eigenvalue weighted by Gasteiger charge is -2.30. The number of para-hydroxylation sites is 1. The summed E-state index contributed by atoms with van der Waals surface area (Å²) >= 11 is 0. The van der Waals surface area contributed by atoms with Crippen molar-refractivity contribution in [3.05, 3.63) is 71.4 Å². The highest BCUT2D eigenvalue weighted by Crippen LogP contribution is 2.38. The molecule has 2 aromatic carbocycles. The number of benzene rings is 2. The molecule has 0 bridgehead atoms. The molecule has 0 radical (unpaired) electrons. The van der Waals surface area contributed by atoms with E-state index in [9.17, 15) is 13.2 Å². The zero-order valence-electron chi connectivity index (χ0n) is 21.4. The van der Waals surface area contributed by atoms with Crippen LogP contribution in [0.3, 0.4) is 0 Å². The maximum absolute atomic E-state index is 13.2. The molecule has 1 saturated carbocycles. The van der Waals surface area contributed by atoms with E-state index < -0.39 is 21.8 Å².